The zero-order valence-corrected chi connectivity index (χ0v) is 12.1. The summed E-state index contributed by atoms with van der Waals surface area (Å²) in [5.74, 6) is 1.76. The van der Waals surface area contributed by atoms with E-state index >= 15 is 0 Å². The number of hydrogen-bond donors (Lipinski definition) is 1. The van der Waals surface area contributed by atoms with E-state index in [1.54, 1.807) is 0 Å². The van der Waals surface area contributed by atoms with E-state index in [2.05, 4.69) is 18.3 Å². The molecule has 1 atom stereocenters. The van der Waals surface area contributed by atoms with Crippen LogP contribution in [0.25, 0.3) is 0 Å². The van der Waals surface area contributed by atoms with Crippen LogP contribution < -0.4 is 14.8 Å². The van der Waals surface area contributed by atoms with Gasteiger partial charge in [-0.2, -0.15) is 0 Å². The lowest BCUT2D eigenvalue weighted by Crippen LogP contribution is -2.36. The Morgan fingerprint density at radius 1 is 1.15 bits per heavy atom. The second-order valence-electron chi connectivity index (χ2n) is 5.80. The third-order valence-corrected chi connectivity index (χ3v) is 3.97. The molecule has 20 heavy (non-hydrogen) atoms. The molecule has 0 radical (unpaired) electrons. The summed E-state index contributed by atoms with van der Waals surface area (Å²) in [6, 6.07) is 6.10. The molecular weight excluding hydrogens is 254 g/mol. The molecule has 1 unspecified atom stereocenters. The molecule has 0 aromatic heterocycles. The molecular formula is C16H23NO3. The van der Waals surface area contributed by atoms with Gasteiger partial charge in [0.05, 0.1) is 18.8 Å². The molecule has 110 valence electrons. The Balaban J connectivity index is 1.62. The minimum atomic E-state index is -0.0108. The molecule has 4 heteroatoms. The standard InChI is InChI=1S/C16H23NO3/c1-16(7-3-10-20-16)12-17-11-13-5-2-6-14-15(13)19-9-4-8-18-14/h2,5-6,17H,3-4,7-12H2,1H3. The molecule has 0 spiro atoms. The number of rotatable bonds is 4. The highest BCUT2D eigenvalue weighted by atomic mass is 16.5. The van der Waals surface area contributed by atoms with Crippen molar-refractivity contribution in [3.63, 3.8) is 0 Å². The second-order valence-corrected chi connectivity index (χ2v) is 5.80. The van der Waals surface area contributed by atoms with Crippen LogP contribution in [0.15, 0.2) is 18.2 Å². The minimum Gasteiger partial charge on any atom is -0.490 e. The first-order valence-electron chi connectivity index (χ1n) is 7.49. The predicted octanol–water partition coefficient (Wildman–Crippen LogP) is 2.51. The van der Waals surface area contributed by atoms with Crippen molar-refractivity contribution < 1.29 is 14.2 Å². The van der Waals surface area contributed by atoms with Gasteiger partial charge in [0.15, 0.2) is 11.5 Å². The molecule has 0 bridgehead atoms. The lowest BCUT2D eigenvalue weighted by atomic mass is 10.0. The van der Waals surface area contributed by atoms with Gasteiger partial charge in [0.25, 0.3) is 0 Å². The van der Waals surface area contributed by atoms with Gasteiger partial charge >= 0.3 is 0 Å². The maximum atomic E-state index is 5.83. The SMILES string of the molecule is CC1(CNCc2cccc3c2OCCCO3)CCCO1. The molecule has 2 aliphatic heterocycles. The molecule has 1 aromatic carbocycles. The van der Waals surface area contributed by atoms with E-state index in [-0.39, 0.29) is 5.60 Å². The van der Waals surface area contributed by atoms with Crippen LogP contribution in [0.4, 0.5) is 0 Å². The van der Waals surface area contributed by atoms with Crippen LogP contribution in [0, 0.1) is 0 Å². The number of ether oxygens (including phenoxy) is 3. The van der Waals surface area contributed by atoms with Crippen LogP contribution in [0.2, 0.25) is 0 Å². The topological polar surface area (TPSA) is 39.7 Å². The van der Waals surface area contributed by atoms with E-state index in [4.69, 9.17) is 14.2 Å². The van der Waals surface area contributed by atoms with Gasteiger partial charge in [0.2, 0.25) is 0 Å². The van der Waals surface area contributed by atoms with Gasteiger partial charge < -0.3 is 19.5 Å². The van der Waals surface area contributed by atoms with Crippen LogP contribution in [-0.2, 0) is 11.3 Å². The van der Waals surface area contributed by atoms with Crippen molar-refractivity contribution >= 4 is 0 Å². The quantitative estimate of drug-likeness (QED) is 0.918. The third-order valence-electron chi connectivity index (χ3n) is 3.97. The van der Waals surface area contributed by atoms with Gasteiger partial charge in [-0.05, 0) is 25.8 Å². The average molecular weight is 277 g/mol. The zero-order chi connectivity index (χ0) is 13.8. The van der Waals surface area contributed by atoms with Gasteiger partial charge in [0, 0.05) is 31.7 Å². The van der Waals surface area contributed by atoms with Crippen molar-refractivity contribution in [2.45, 2.75) is 38.3 Å². The first kappa shape index (κ1) is 13.7. The molecule has 0 aliphatic carbocycles. The second kappa shape index (κ2) is 6.02. The van der Waals surface area contributed by atoms with Gasteiger partial charge in [-0.3, -0.25) is 0 Å². The largest absolute Gasteiger partial charge is 0.490 e. The van der Waals surface area contributed by atoms with E-state index in [1.807, 2.05) is 12.1 Å². The smallest absolute Gasteiger partial charge is 0.165 e. The Kier molecular flexibility index (Phi) is 4.13. The average Bonchev–Trinajstić information content (AvgIpc) is 2.74. The Hall–Kier alpha value is -1.26. The maximum absolute atomic E-state index is 5.83. The first-order valence-corrected chi connectivity index (χ1v) is 7.49. The Morgan fingerprint density at radius 2 is 2.05 bits per heavy atom. The lowest BCUT2D eigenvalue weighted by Gasteiger charge is -2.24. The van der Waals surface area contributed by atoms with E-state index in [9.17, 15) is 0 Å². The molecule has 2 aliphatic rings. The number of para-hydroxylation sites is 1. The highest BCUT2D eigenvalue weighted by Crippen LogP contribution is 2.33. The predicted molar refractivity (Wildman–Crippen MR) is 77.3 cm³/mol. The molecule has 3 rings (SSSR count). The van der Waals surface area contributed by atoms with Crippen molar-refractivity contribution in [2.24, 2.45) is 0 Å². The summed E-state index contributed by atoms with van der Waals surface area (Å²) in [6.45, 7) is 6.18. The van der Waals surface area contributed by atoms with E-state index in [0.717, 1.165) is 69.2 Å². The first-order chi connectivity index (χ1) is 9.77. The van der Waals surface area contributed by atoms with Gasteiger partial charge in [0.1, 0.15) is 0 Å². The fourth-order valence-electron chi connectivity index (χ4n) is 2.83. The molecule has 1 N–H and O–H groups in total. The highest BCUT2D eigenvalue weighted by molar-refractivity contribution is 5.47. The number of fused-ring (bicyclic) bond motifs is 1. The fourth-order valence-corrected chi connectivity index (χ4v) is 2.83. The number of benzene rings is 1. The monoisotopic (exact) mass is 277 g/mol. The van der Waals surface area contributed by atoms with Crippen LogP contribution in [0.3, 0.4) is 0 Å². The summed E-state index contributed by atoms with van der Waals surface area (Å²) in [4.78, 5) is 0. The Labute approximate surface area is 120 Å². The van der Waals surface area contributed by atoms with Crippen molar-refractivity contribution in [1.82, 2.24) is 5.32 Å². The summed E-state index contributed by atoms with van der Waals surface area (Å²) in [6.07, 6.45) is 3.23. The van der Waals surface area contributed by atoms with Crippen molar-refractivity contribution in [1.29, 1.82) is 0 Å². The molecule has 4 nitrogen and oxygen atoms in total. The third kappa shape index (κ3) is 3.07. The molecule has 0 amide bonds. The summed E-state index contributed by atoms with van der Waals surface area (Å²) < 4.78 is 17.3. The number of nitrogens with one attached hydrogen (secondary N) is 1. The van der Waals surface area contributed by atoms with Crippen LogP contribution in [0.1, 0.15) is 31.7 Å². The van der Waals surface area contributed by atoms with Gasteiger partial charge in [-0.25, -0.2) is 0 Å². The van der Waals surface area contributed by atoms with Crippen molar-refractivity contribution in [2.75, 3.05) is 26.4 Å². The number of hydrogen-bond acceptors (Lipinski definition) is 4. The minimum absolute atomic E-state index is 0.0108. The molecule has 1 saturated heterocycles. The van der Waals surface area contributed by atoms with Crippen LogP contribution in [0.5, 0.6) is 11.5 Å². The van der Waals surface area contributed by atoms with E-state index in [0.29, 0.717) is 0 Å². The summed E-state index contributed by atoms with van der Waals surface area (Å²) >= 11 is 0. The summed E-state index contributed by atoms with van der Waals surface area (Å²) in [5, 5.41) is 3.49. The molecule has 2 heterocycles. The fraction of sp³-hybridized carbons (Fsp3) is 0.625. The van der Waals surface area contributed by atoms with Crippen LogP contribution >= 0.6 is 0 Å². The highest BCUT2D eigenvalue weighted by Gasteiger charge is 2.29. The van der Waals surface area contributed by atoms with Crippen molar-refractivity contribution in [3.8, 4) is 11.5 Å². The normalized spacial score (nSPS) is 25.4. The van der Waals surface area contributed by atoms with Gasteiger partial charge in [-0.1, -0.05) is 12.1 Å². The summed E-state index contributed by atoms with van der Waals surface area (Å²) in [7, 11) is 0. The maximum Gasteiger partial charge on any atom is 0.165 e. The molecule has 1 aromatic rings. The van der Waals surface area contributed by atoms with E-state index < -0.39 is 0 Å². The Morgan fingerprint density at radius 3 is 2.90 bits per heavy atom. The van der Waals surface area contributed by atoms with Crippen molar-refractivity contribution in [3.05, 3.63) is 23.8 Å². The zero-order valence-electron chi connectivity index (χ0n) is 12.1. The van der Waals surface area contributed by atoms with E-state index in [1.165, 1.54) is 0 Å². The summed E-state index contributed by atoms with van der Waals surface area (Å²) in [5.41, 5.74) is 1.15. The molecule has 1 fully saturated rings. The van der Waals surface area contributed by atoms with Crippen LogP contribution in [-0.4, -0.2) is 32.0 Å². The lowest BCUT2D eigenvalue weighted by molar-refractivity contribution is 0.0206. The van der Waals surface area contributed by atoms with Gasteiger partial charge in [-0.15, -0.1) is 0 Å². The molecule has 0 saturated carbocycles. The Bertz CT molecular complexity index is 455.